The molecule has 122 valence electrons. The molecule has 0 bridgehead atoms. The van der Waals surface area contributed by atoms with Crippen molar-refractivity contribution in [3.8, 4) is 11.3 Å². The lowest BCUT2D eigenvalue weighted by Crippen LogP contribution is -2.10. The van der Waals surface area contributed by atoms with E-state index in [4.69, 9.17) is 0 Å². The fourth-order valence-electron chi connectivity index (χ4n) is 2.48. The van der Waals surface area contributed by atoms with E-state index in [1.807, 2.05) is 48.5 Å². The molecule has 0 unspecified atom stereocenters. The van der Waals surface area contributed by atoms with Crippen molar-refractivity contribution in [3.63, 3.8) is 0 Å². The van der Waals surface area contributed by atoms with Crippen LogP contribution >= 0.6 is 0 Å². The number of pyridine rings is 1. The Morgan fingerprint density at radius 3 is 2.38 bits per heavy atom. The number of halogens is 1. The molecule has 0 radical (unpaired) electrons. The molecule has 0 fully saturated rings. The molecule has 0 aliphatic heterocycles. The van der Waals surface area contributed by atoms with E-state index in [0.717, 1.165) is 16.9 Å². The highest BCUT2D eigenvalue weighted by atomic mass is 19.1. The van der Waals surface area contributed by atoms with Gasteiger partial charge in [-0.1, -0.05) is 36.4 Å². The van der Waals surface area contributed by atoms with Crippen LogP contribution in [0.2, 0.25) is 0 Å². The second-order valence-corrected chi connectivity index (χ2v) is 5.93. The van der Waals surface area contributed by atoms with Gasteiger partial charge < -0.3 is 10.6 Å². The van der Waals surface area contributed by atoms with Gasteiger partial charge in [-0.05, 0) is 38.1 Å². The molecular formula is C20H20FN3. The SMILES string of the molecule is CC(C)Nc1cc(Nc2cccc(F)c2)nc(-c2ccccc2)c1. The van der Waals surface area contributed by atoms with Gasteiger partial charge in [-0.3, -0.25) is 0 Å². The Labute approximate surface area is 141 Å². The van der Waals surface area contributed by atoms with E-state index >= 15 is 0 Å². The van der Waals surface area contributed by atoms with Gasteiger partial charge in [-0.15, -0.1) is 0 Å². The third-order valence-corrected chi connectivity index (χ3v) is 3.45. The minimum Gasteiger partial charge on any atom is -0.383 e. The van der Waals surface area contributed by atoms with Crippen molar-refractivity contribution >= 4 is 17.2 Å². The highest BCUT2D eigenvalue weighted by molar-refractivity contribution is 5.70. The van der Waals surface area contributed by atoms with E-state index in [1.165, 1.54) is 12.1 Å². The van der Waals surface area contributed by atoms with Crippen LogP contribution in [-0.2, 0) is 0 Å². The van der Waals surface area contributed by atoms with Crippen molar-refractivity contribution in [2.75, 3.05) is 10.6 Å². The summed E-state index contributed by atoms with van der Waals surface area (Å²) >= 11 is 0. The third-order valence-electron chi connectivity index (χ3n) is 3.45. The van der Waals surface area contributed by atoms with Crippen LogP contribution in [0.1, 0.15) is 13.8 Å². The first-order valence-electron chi connectivity index (χ1n) is 7.97. The number of benzene rings is 2. The van der Waals surface area contributed by atoms with Crippen molar-refractivity contribution in [2.24, 2.45) is 0 Å². The van der Waals surface area contributed by atoms with Gasteiger partial charge in [0.2, 0.25) is 0 Å². The zero-order valence-electron chi connectivity index (χ0n) is 13.8. The molecule has 4 heteroatoms. The Bertz CT molecular complexity index is 816. The summed E-state index contributed by atoms with van der Waals surface area (Å²) in [6.07, 6.45) is 0. The Hall–Kier alpha value is -2.88. The van der Waals surface area contributed by atoms with Crippen LogP contribution in [0.5, 0.6) is 0 Å². The number of hydrogen-bond donors (Lipinski definition) is 2. The normalized spacial score (nSPS) is 10.7. The summed E-state index contributed by atoms with van der Waals surface area (Å²) in [6.45, 7) is 4.17. The average Bonchev–Trinajstić information content (AvgIpc) is 2.55. The number of anilines is 3. The number of rotatable bonds is 5. The van der Waals surface area contributed by atoms with Crippen LogP contribution in [0.25, 0.3) is 11.3 Å². The molecule has 0 saturated heterocycles. The van der Waals surface area contributed by atoms with Gasteiger partial charge in [-0.2, -0.15) is 0 Å². The van der Waals surface area contributed by atoms with E-state index in [2.05, 4.69) is 29.5 Å². The van der Waals surface area contributed by atoms with Crippen LogP contribution in [0, 0.1) is 5.82 Å². The minimum atomic E-state index is -0.278. The van der Waals surface area contributed by atoms with Crippen molar-refractivity contribution in [1.29, 1.82) is 0 Å². The summed E-state index contributed by atoms with van der Waals surface area (Å²) in [5, 5.41) is 6.58. The van der Waals surface area contributed by atoms with Crippen LogP contribution < -0.4 is 10.6 Å². The number of nitrogens with one attached hydrogen (secondary N) is 2. The van der Waals surface area contributed by atoms with Gasteiger partial charge >= 0.3 is 0 Å². The van der Waals surface area contributed by atoms with Gasteiger partial charge in [0.15, 0.2) is 0 Å². The van der Waals surface area contributed by atoms with E-state index in [9.17, 15) is 4.39 Å². The second-order valence-electron chi connectivity index (χ2n) is 5.93. The maximum absolute atomic E-state index is 13.4. The molecule has 0 spiro atoms. The van der Waals surface area contributed by atoms with Crippen LogP contribution in [0.3, 0.4) is 0 Å². The molecule has 0 aliphatic rings. The van der Waals surface area contributed by atoms with Crippen molar-refractivity contribution in [3.05, 3.63) is 72.5 Å². The van der Waals surface area contributed by atoms with Crippen LogP contribution in [0.15, 0.2) is 66.7 Å². The Morgan fingerprint density at radius 1 is 0.875 bits per heavy atom. The lowest BCUT2D eigenvalue weighted by molar-refractivity contribution is 0.628. The molecule has 1 heterocycles. The molecule has 3 nitrogen and oxygen atoms in total. The van der Waals surface area contributed by atoms with Crippen LogP contribution in [0.4, 0.5) is 21.6 Å². The zero-order chi connectivity index (χ0) is 16.9. The first-order valence-corrected chi connectivity index (χ1v) is 7.97. The first kappa shape index (κ1) is 16.0. The Morgan fingerprint density at radius 2 is 1.67 bits per heavy atom. The Balaban J connectivity index is 1.98. The molecule has 24 heavy (non-hydrogen) atoms. The first-order chi connectivity index (χ1) is 11.6. The molecule has 1 aromatic heterocycles. The molecule has 2 N–H and O–H groups in total. The maximum atomic E-state index is 13.4. The van der Waals surface area contributed by atoms with E-state index < -0.39 is 0 Å². The second kappa shape index (κ2) is 7.13. The highest BCUT2D eigenvalue weighted by Crippen LogP contribution is 2.26. The summed E-state index contributed by atoms with van der Waals surface area (Å²) in [5.74, 6) is 0.393. The third kappa shape index (κ3) is 4.10. The van der Waals surface area contributed by atoms with Gasteiger partial charge in [-0.25, -0.2) is 9.37 Å². The molecule has 3 rings (SSSR count). The van der Waals surface area contributed by atoms with Crippen LogP contribution in [-0.4, -0.2) is 11.0 Å². The summed E-state index contributed by atoms with van der Waals surface area (Å²) < 4.78 is 13.4. The number of hydrogen-bond acceptors (Lipinski definition) is 3. The van der Waals surface area contributed by atoms with Crippen molar-refractivity contribution in [1.82, 2.24) is 4.98 Å². The molecule has 3 aromatic rings. The van der Waals surface area contributed by atoms with E-state index in [1.54, 1.807) is 6.07 Å². The summed E-state index contributed by atoms with van der Waals surface area (Å²) in [7, 11) is 0. The highest BCUT2D eigenvalue weighted by Gasteiger charge is 2.07. The molecule has 0 amide bonds. The molecule has 0 saturated carbocycles. The Kier molecular flexibility index (Phi) is 4.75. The molecular weight excluding hydrogens is 301 g/mol. The van der Waals surface area contributed by atoms with Gasteiger partial charge in [0.05, 0.1) is 5.69 Å². The largest absolute Gasteiger partial charge is 0.383 e. The average molecular weight is 321 g/mol. The molecule has 2 aromatic carbocycles. The fourth-order valence-corrected chi connectivity index (χ4v) is 2.48. The number of nitrogens with zero attached hydrogens (tertiary/aromatic N) is 1. The van der Waals surface area contributed by atoms with Crippen molar-refractivity contribution < 1.29 is 4.39 Å². The fraction of sp³-hybridized carbons (Fsp3) is 0.150. The monoisotopic (exact) mass is 321 g/mol. The van der Waals surface area contributed by atoms with E-state index in [0.29, 0.717) is 17.5 Å². The van der Waals surface area contributed by atoms with E-state index in [-0.39, 0.29) is 5.82 Å². The summed E-state index contributed by atoms with van der Waals surface area (Å²) in [5.41, 5.74) is 3.54. The van der Waals surface area contributed by atoms with Gasteiger partial charge in [0.25, 0.3) is 0 Å². The quantitative estimate of drug-likeness (QED) is 0.656. The lowest BCUT2D eigenvalue weighted by Gasteiger charge is -2.14. The standard InChI is InChI=1S/C20H20FN3/c1-14(2)22-18-12-19(15-7-4-3-5-8-15)24-20(13-18)23-17-10-6-9-16(21)11-17/h3-14H,1-2H3,(H2,22,23,24). The predicted octanol–water partition coefficient (Wildman–Crippen LogP) is 5.45. The summed E-state index contributed by atoms with van der Waals surface area (Å²) in [6, 6.07) is 20.6. The maximum Gasteiger partial charge on any atom is 0.133 e. The topological polar surface area (TPSA) is 37.0 Å². The summed E-state index contributed by atoms with van der Waals surface area (Å²) in [4.78, 5) is 4.66. The zero-order valence-corrected chi connectivity index (χ0v) is 13.8. The minimum absolute atomic E-state index is 0.278. The lowest BCUT2D eigenvalue weighted by atomic mass is 10.1. The molecule has 0 atom stereocenters. The molecule has 0 aliphatic carbocycles. The van der Waals surface area contributed by atoms with Crippen molar-refractivity contribution in [2.45, 2.75) is 19.9 Å². The smallest absolute Gasteiger partial charge is 0.133 e. The van der Waals surface area contributed by atoms with Gasteiger partial charge in [0.1, 0.15) is 11.6 Å². The predicted molar refractivity (Wildman–Crippen MR) is 98.1 cm³/mol. The number of aromatic nitrogens is 1. The van der Waals surface area contributed by atoms with Gasteiger partial charge in [0, 0.05) is 29.0 Å².